The molecule has 3 amide bonds. The van der Waals surface area contributed by atoms with E-state index in [-0.39, 0.29) is 29.5 Å². The number of hydrogen-bond donors (Lipinski definition) is 1. The topological polar surface area (TPSA) is 75.7 Å². The predicted molar refractivity (Wildman–Crippen MR) is 91.4 cm³/mol. The zero-order valence-electron chi connectivity index (χ0n) is 13.3. The molecule has 126 valence electrons. The zero-order chi connectivity index (χ0) is 17.1. The number of thioether (sulfide) groups is 1. The molecule has 0 aromatic heterocycles. The van der Waals surface area contributed by atoms with E-state index >= 15 is 0 Å². The third-order valence-electron chi connectivity index (χ3n) is 3.87. The lowest BCUT2D eigenvalue weighted by molar-refractivity contribution is -0.124. The van der Waals surface area contributed by atoms with Crippen LogP contribution in [0.3, 0.4) is 0 Å². The van der Waals surface area contributed by atoms with Gasteiger partial charge in [-0.05, 0) is 48.4 Å². The first kappa shape index (κ1) is 16.6. The molecular weight excluding hydrogens is 328 g/mol. The van der Waals surface area contributed by atoms with E-state index in [1.165, 1.54) is 4.90 Å². The highest BCUT2D eigenvalue weighted by Crippen LogP contribution is 2.32. The second kappa shape index (κ2) is 7.09. The number of hydrogen-bond acceptors (Lipinski definition) is 5. The van der Waals surface area contributed by atoms with E-state index in [1.807, 2.05) is 12.1 Å². The van der Waals surface area contributed by atoms with Crippen LogP contribution in [0.5, 0.6) is 5.75 Å². The van der Waals surface area contributed by atoms with Crippen molar-refractivity contribution in [2.45, 2.75) is 12.8 Å². The van der Waals surface area contributed by atoms with Crippen LogP contribution in [-0.4, -0.2) is 42.2 Å². The quantitative estimate of drug-likeness (QED) is 0.800. The summed E-state index contributed by atoms with van der Waals surface area (Å²) in [5.74, 6) is 0.541. The van der Waals surface area contributed by atoms with E-state index in [1.54, 1.807) is 25.3 Å². The molecule has 2 aliphatic rings. The Morgan fingerprint density at radius 3 is 2.67 bits per heavy atom. The van der Waals surface area contributed by atoms with Gasteiger partial charge in [0.15, 0.2) is 0 Å². The van der Waals surface area contributed by atoms with Crippen molar-refractivity contribution in [3.63, 3.8) is 0 Å². The minimum Gasteiger partial charge on any atom is -0.497 e. The van der Waals surface area contributed by atoms with E-state index in [2.05, 4.69) is 5.32 Å². The van der Waals surface area contributed by atoms with Crippen molar-refractivity contribution in [2.24, 2.45) is 5.92 Å². The van der Waals surface area contributed by atoms with Gasteiger partial charge < -0.3 is 10.1 Å². The van der Waals surface area contributed by atoms with Crippen LogP contribution in [0.2, 0.25) is 0 Å². The number of benzene rings is 1. The van der Waals surface area contributed by atoms with E-state index in [0.29, 0.717) is 11.4 Å². The Morgan fingerprint density at radius 2 is 2.04 bits per heavy atom. The third kappa shape index (κ3) is 3.79. The standard InChI is InChI=1S/C17H18N2O4S/c1-23-13-6-2-11(3-7-13)10-14-16(21)19(17(22)24-14)9-8-18-15(20)12-4-5-12/h2-3,6-7,10,12H,4-5,8-9H2,1H3,(H,18,20)/b14-10-. The van der Waals surface area contributed by atoms with E-state index in [0.717, 1.165) is 35.9 Å². The molecule has 1 aromatic carbocycles. The Bertz CT molecular complexity index is 695. The third-order valence-corrected chi connectivity index (χ3v) is 4.78. The fourth-order valence-corrected chi connectivity index (χ4v) is 3.19. The van der Waals surface area contributed by atoms with Gasteiger partial charge in [0.25, 0.3) is 11.1 Å². The van der Waals surface area contributed by atoms with Gasteiger partial charge in [-0.1, -0.05) is 12.1 Å². The summed E-state index contributed by atoms with van der Waals surface area (Å²) in [6.07, 6.45) is 3.54. The number of imide groups is 1. The number of carbonyl (C=O) groups excluding carboxylic acids is 3. The number of ether oxygens (including phenoxy) is 1. The van der Waals surface area contributed by atoms with Crippen LogP contribution >= 0.6 is 11.8 Å². The van der Waals surface area contributed by atoms with Gasteiger partial charge in [-0.3, -0.25) is 19.3 Å². The van der Waals surface area contributed by atoms with Crippen LogP contribution in [0, 0.1) is 5.92 Å². The van der Waals surface area contributed by atoms with Gasteiger partial charge in [-0.2, -0.15) is 0 Å². The molecule has 3 rings (SSSR count). The summed E-state index contributed by atoms with van der Waals surface area (Å²) in [4.78, 5) is 37.5. The molecule has 24 heavy (non-hydrogen) atoms. The maximum absolute atomic E-state index is 12.3. The summed E-state index contributed by atoms with van der Waals surface area (Å²) in [6, 6.07) is 7.23. The highest BCUT2D eigenvalue weighted by atomic mass is 32.2. The van der Waals surface area contributed by atoms with Gasteiger partial charge in [0.05, 0.1) is 12.0 Å². The van der Waals surface area contributed by atoms with E-state index in [4.69, 9.17) is 4.74 Å². The molecule has 6 nitrogen and oxygen atoms in total. The molecule has 7 heteroatoms. The first-order valence-corrected chi connectivity index (χ1v) is 8.57. The Kier molecular flexibility index (Phi) is 4.89. The molecule has 1 saturated carbocycles. The van der Waals surface area contributed by atoms with Gasteiger partial charge in [0.2, 0.25) is 5.91 Å². The minimum atomic E-state index is -0.318. The molecular formula is C17H18N2O4S. The molecule has 0 radical (unpaired) electrons. The summed E-state index contributed by atoms with van der Waals surface area (Å²) < 4.78 is 5.09. The normalized spacial score (nSPS) is 19.0. The molecule has 2 fully saturated rings. The van der Waals surface area contributed by atoms with E-state index < -0.39 is 0 Å². The molecule has 1 aliphatic carbocycles. The molecule has 1 N–H and O–H groups in total. The van der Waals surface area contributed by atoms with Crippen molar-refractivity contribution in [3.05, 3.63) is 34.7 Å². The van der Waals surface area contributed by atoms with Crippen molar-refractivity contribution in [3.8, 4) is 5.75 Å². The summed E-state index contributed by atoms with van der Waals surface area (Å²) in [7, 11) is 1.59. The number of methoxy groups -OCH3 is 1. The minimum absolute atomic E-state index is 0.00995. The van der Waals surface area contributed by atoms with Gasteiger partial charge in [0, 0.05) is 19.0 Å². The maximum Gasteiger partial charge on any atom is 0.293 e. The number of carbonyl (C=O) groups is 3. The van der Waals surface area contributed by atoms with Crippen molar-refractivity contribution >= 4 is 34.9 Å². The Morgan fingerprint density at radius 1 is 1.33 bits per heavy atom. The molecule has 1 aromatic rings. The average molecular weight is 346 g/mol. The number of nitrogens with zero attached hydrogens (tertiary/aromatic N) is 1. The molecule has 1 aliphatic heterocycles. The van der Waals surface area contributed by atoms with Gasteiger partial charge >= 0.3 is 0 Å². The summed E-state index contributed by atoms with van der Waals surface area (Å²) in [5, 5.41) is 2.46. The number of nitrogens with one attached hydrogen (secondary N) is 1. The molecule has 0 bridgehead atoms. The van der Waals surface area contributed by atoms with Crippen LogP contribution < -0.4 is 10.1 Å². The largest absolute Gasteiger partial charge is 0.497 e. The van der Waals surface area contributed by atoms with Crippen molar-refractivity contribution in [1.29, 1.82) is 0 Å². The van der Waals surface area contributed by atoms with Crippen LogP contribution in [0.4, 0.5) is 4.79 Å². The van der Waals surface area contributed by atoms with Gasteiger partial charge in [-0.15, -0.1) is 0 Å². The summed E-state index contributed by atoms with van der Waals surface area (Å²) in [6.45, 7) is 0.492. The molecule has 0 unspecified atom stereocenters. The summed E-state index contributed by atoms with van der Waals surface area (Å²) in [5.41, 5.74) is 0.823. The predicted octanol–water partition coefficient (Wildman–Crippen LogP) is 2.26. The van der Waals surface area contributed by atoms with Crippen molar-refractivity contribution in [1.82, 2.24) is 10.2 Å². The molecule has 1 saturated heterocycles. The fourth-order valence-electron chi connectivity index (χ4n) is 2.33. The van der Waals surface area contributed by atoms with Gasteiger partial charge in [-0.25, -0.2) is 0 Å². The lowest BCUT2D eigenvalue weighted by Gasteiger charge is -2.12. The highest BCUT2D eigenvalue weighted by Gasteiger charge is 2.35. The number of rotatable bonds is 6. The average Bonchev–Trinajstić information content (AvgIpc) is 3.39. The fraction of sp³-hybridized carbons (Fsp3) is 0.353. The first-order valence-electron chi connectivity index (χ1n) is 7.75. The van der Waals surface area contributed by atoms with Crippen molar-refractivity contribution < 1.29 is 19.1 Å². The molecule has 1 heterocycles. The monoisotopic (exact) mass is 346 g/mol. The van der Waals surface area contributed by atoms with E-state index in [9.17, 15) is 14.4 Å². The second-order valence-electron chi connectivity index (χ2n) is 5.67. The molecule has 0 spiro atoms. The zero-order valence-corrected chi connectivity index (χ0v) is 14.1. The second-order valence-corrected chi connectivity index (χ2v) is 6.67. The van der Waals surface area contributed by atoms with Crippen LogP contribution in [0.15, 0.2) is 29.2 Å². The lowest BCUT2D eigenvalue weighted by Crippen LogP contribution is -2.37. The first-order chi connectivity index (χ1) is 11.6. The van der Waals surface area contributed by atoms with Crippen LogP contribution in [0.1, 0.15) is 18.4 Å². The highest BCUT2D eigenvalue weighted by molar-refractivity contribution is 8.18. The Labute approximate surface area is 144 Å². The van der Waals surface area contributed by atoms with Crippen molar-refractivity contribution in [2.75, 3.05) is 20.2 Å². The van der Waals surface area contributed by atoms with Gasteiger partial charge in [0.1, 0.15) is 5.75 Å². The van der Waals surface area contributed by atoms with Crippen LogP contribution in [-0.2, 0) is 9.59 Å². The van der Waals surface area contributed by atoms with Crippen LogP contribution in [0.25, 0.3) is 6.08 Å². The Hall–Kier alpha value is -2.28. The smallest absolute Gasteiger partial charge is 0.293 e. The molecule has 0 atom stereocenters. The Balaban J connectivity index is 1.59. The SMILES string of the molecule is COc1ccc(/C=C2\SC(=O)N(CCNC(=O)C3CC3)C2=O)cc1. The summed E-state index contributed by atoms with van der Waals surface area (Å²) >= 11 is 0.919. The number of amides is 3. The maximum atomic E-state index is 12.3. The lowest BCUT2D eigenvalue weighted by atomic mass is 10.2.